The number of hydrogen-bond acceptors (Lipinski definition) is 5. The Morgan fingerprint density at radius 2 is 1.97 bits per heavy atom. The first-order valence-corrected chi connectivity index (χ1v) is 10.2. The van der Waals surface area contributed by atoms with Gasteiger partial charge in [-0.3, -0.25) is 9.59 Å². The minimum absolute atomic E-state index is 0.0134. The normalized spacial score (nSPS) is 15.1. The van der Waals surface area contributed by atoms with Gasteiger partial charge in [0.1, 0.15) is 5.60 Å². The summed E-state index contributed by atoms with van der Waals surface area (Å²) in [6.07, 6.45) is 2.69. The zero-order chi connectivity index (χ0) is 21.7. The molecule has 1 aromatic carbocycles. The molecule has 1 fully saturated rings. The van der Waals surface area contributed by atoms with Crippen LogP contribution in [0, 0.1) is 0 Å². The van der Waals surface area contributed by atoms with Gasteiger partial charge < -0.3 is 25.3 Å². The number of piperidine rings is 1. The summed E-state index contributed by atoms with van der Waals surface area (Å²) in [6.45, 7) is 6.76. The number of benzene rings is 1. The van der Waals surface area contributed by atoms with E-state index in [1.54, 1.807) is 44.1 Å². The van der Waals surface area contributed by atoms with E-state index in [-0.39, 0.29) is 30.8 Å². The number of rotatable bonds is 5. The molecule has 0 bridgehead atoms. The molecule has 3 N–H and O–H groups in total. The summed E-state index contributed by atoms with van der Waals surface area (Å²) in [5, 5.41) is 5.65. The summed E-state index contributed by atoms with van der Waals surface area (Å²) in [6, 6.07) is 5.38. The summed E-state index contributed by atoms with van der Waals surface area (Å²) in [4.78, 5) is 45.4. The van der Waals surface area contributed by atoms with Gasteiger partial charge in [-0.25, -0.2) is 9.78 Å². The van der Waals surface area contributed by atoms with E-state index in [9.17, 15) is 14.4 Å². The van der Waals surface area contributed by atoms with Crippen LogP contribution in [-0.4, -0.2) is 64.1 Å². The monoisotopic (exact) mass is 415 g/mol. The number of amides is 3. The summed E-state index contributed by atoms with van der Waals surface area (Å²) in [5.41, 5.74) is 1.66. The number of hydrogen-bond donors (Lipinski definition) is 3. The second kappa shape index (κ2) is 9.15. The van der Waals surface area contributed by atoms with Crippen molar-refractivity contribution < 1.29 is 19.1 Å². The molecule has 1 aromatic heterocycles. The molecule has 30 heavy (non-hydrogen) atoms. The Balaban J connectivity index is 1.39. The summed E-state index contributed by atoms with van der Waals surface area (Å²) in [7, 11) is 0. The third-order valence-corrected chi connectivity index (χ3v) is 4.87. The lowest BCUT2D eigenvalue weighted by molar-refractivity contribution is -0.132. The molecule has 3 amide bonds. The molecule has 0 unspecified atom stereocenters. The molecule has 2 heterocycles. The van der Waals surface area contributed by atoms with Crippen molar-refractivity contribution in [1.29, 1.82) is 0 Å². The fourth-order valence-electron chi connectivity index (χ4n) is 3.36. The second-order valence-corrected chi connectivity index (χ2v) is 8.44. The van der Waals surface area contributed by atoms with Crippen molar-refractivity contribution in [2.75, 3.05) is 19.6 Å². The molecular weight excluding hydrogens is 386 g/mol. The first-order valence-electron chi connectivity index (χ1n) is 10.2. The molecule has 1 aliphatic rings. The van der Waals surface area contributed by atoms with Gasteiger partial charge in [-0.2, -0.15) is 0 Å². The highest BCUT2D eigenvalue weighted by molar-refractivity contribution is 5.97. The van der Waals surface area contributed by atoms with Crippen LogP contribution in [-0.2, 0) is 9.53 Å². The maximum Gasteiger partial charge on any atom is 0.407 e. The predicted molar refractivity (Wildman–Crippen MR) is 112 cm³/mol. The molecule has 3 rings (SSSR count). The Bertz CT molecular complexity index is 910. The minimum atomic E-state index is -0.565. The van der Waals surface area contributed by atoms with Gasteiger partial charge in [0, 0.05) is 37.7 Å². The Labute approximate surface area is 175 Å². The first kappa shape index (κ1) is 21.6. The Morgan fingerprint density at radius 3 is 2.67 bits per heavy atom. The molecule has 9 heteroatoms. The highest BCUT2D eigenvalue weighted by Crippen LogP contribution is 2.15. The standard InChI is InChI=1S/C21H29N5O4/c1-21(2,3)30-20(29)22-9-6-18(27)26-10-7-15(8-11-26)25-19(28)14-4-5-16-17(12-14)24-13-23-16/h4-5,12-13,15H,6-11H2,1-3H3,(H,22,29)(H,23,24)(H,25,28). The summed E-state index contributed by atoms with van der Waals surface area (Å²) >= 11 is 0. The number of carbonyl (C=O) groups excluding carboxylic acids is 3. The number of H-pyrrole nitrogens is 1. The Hall–Kier alpha value is -3.10. The lowest BCUT2D eigenvalue weighted by atomic mass is 10.0. The molecule has 0 spiro atoms. The number of imidazole rings is 1. The van der Waals surface area contributed by atoms with Crippen LogP contribution < -0.4 is 10.6 Å². The van der Waals surface area contributed by atoms with Crippen LogP contribution in [0.15, 0.2) is 24.5 Å². The van der Waals surface area contributed by atoms with Crippen molar-refractivity contribution >= 4 is 28.9 Å². The molecule has 162 valence electrons. The van der Waals surface area contributed by atoms with Gasteiger partial charge in [0.2, 0.25) is 5.91 Å². The highest BCUT2D eigenvalue weighted by Gasteiger charge is 2.24. The Morgan fingerprint density at radius 1 is 1.23 bits per heavy atom. The van der Waals surface area contributed by atoms with Crippen LogP contribution in [0.2, 0.25) is 0 Å². The van der Waals surface area contributed by atoms with Crippen LogP contribution in [0.3, 0.4) is 0 Å². The molecule has 0 saturated carbocycles. The third-order valence-electron chi connectivity index (χ3n) is 4.87. The maximum absolute atomic E-state index is 12.5. The van der Waals surface area contributed by atoms with Crippen molar-refractivity contribution in [3.63, 3.8) is 0 Å². The highest BCUT2D eigenvalue weighted by atomic mass is 16.6. The lowest BCUT2D eigenvalue weighted by Gasteiger charge is -2.32. The van der Waals surface area contributed by atoms with Crippen LogP contribution in [0.4, 0.5) is 4.79 Å². The third kappa shape index (κ3) is 5.95. The van der Waals surface area contributed by atoms with Crippen LogP contribution in [0.25, 0.3) is 11.0 Å². The molecular formula is C21H29N5O4. The van der Waals surface area contributed by atoms with E-state index in [2.05, 4.69) is 20.6 Å². The Kier molecular flexibility index (Phi) is 6.59. The van der Waals surface area contributed by atoms with Crippen molar-refractivity contribution in [3.05, 3.63) is 30.1 Å². The number of likely N-dealkylation sites (tertiary alicyclic amines) is 1. The zero-order valence-corrected chi connectivity index (χ0v) is 17.7. The SMILES string of the molecule is CC(C)(C)OC(=O)NCCC(=O)N1CCC(NC(=O)c2ccc3nc[nH]c3c2)CC1. The summed E-state index contributed by atoms with van der Waals surface area (Å²) in [5.74, 6) is -0.140. The quantitative estimate of drug-likeness (QED) is 0.692. The number of aromatic nitrogens is 2. The maximum atomic E-state index is 12.5. The average Bonchev–Trinajstić information content (AvgIpc) is 3.14. The number of ether oxygens (including phenoxy) is 1. The van der Waals surface area contributed by atoms with Crippen molar-refractivity contribution in [2.24, 2.45) is 0 Å². The zero-order valence-electron chi connectivity index (χ0n) is 17.7. The smallest absolute Gasteiger partial charge is 0.407 e. The van der Waals surface area contributed by atoms with Gasteiger partial charge in [-0.05, 0) is 51.8 Å². The van der Waals surface area contributed by atoms with E-state index in [1.807, 2.05) is 6.07 Å². The van der Waals surface area contributed by atoms with Crippen LogP contribution >= 0.6 is 0 Å². The van der Waals surface area contributed by atoms with Crippen LogP contribution in [0.1, 0.15) is 50.4 Å². The van der Waals surface area contributed by atoms with Crippen molar-refractivity contribution in [1.82, 2.24) is 25.5 Å². The predicted octanol–water partition coefficient (Wildman–Crippen LogP) is 2.20. The van der Waals surface area contributed by atoms with E-state index in [1.165, 1.54) is 0 Å². The van der Waals surface area contributed by atoms with E-state index in [0.29, 0.717) is 31.5 Å². The number of nitrogens with one attached hydrogen (secondary N) is 3. The largest absolute Gasteiger partial charge is 0.444 e. The van der Waals surface area contributed by atoms with E-state index >= 15 is 0 Å². The van der Waals surface area contributed by atoms with Gasteiger partial charge >= 0.3 is 6.09 Å². The van der Waals surface area contributed by atoms with Gasteiger partial charge in [-0.1, -0.05) is 0 Å². The number of alkyl carbamates (subject to hydrolysis) is 1. The average molecular weight is 415 g/mol. The summed E-state index contributed by atoms with van der Waals surface area (Å²) < 4.78 is 5.15. The van der Waals surface area contributed by atoms with E-state index in [4.69, 9.17) is 4.74 Å². The lowest BCUT2D eigenvalue weighted by Crippen LogP contribution is -2.47. The first-order chi connectivity index (χ1) is 14.2. The molecule has 0 atom stereocenters. The molecule has 0 radical (unpaired) electrons. The van der Waals surface area contributed by atoms with E-state index in [0.717, 1.165) is 11.0 Å². The van der Waals surface area contributed by atoms with Gasteiger partial charge in [-0.15, -0.1) is 0 Å². The number of aromatic amines is 1. The fourth-order valence-corrected chi connectivity index (χ4v) is 3.36. The number of nitrogens with zero attached hydrogens (tertiary/aromatic N) is 2. The van der Waals surface area contributed by atoms with Crippen LogP contribution in [0.5, 0.6) is 0 Å². The molecule has 1 aliphatic heterocycles. The number of carbonyl (C=O) groups is 3. The van der Waals surface area contributed by atoms with Gasteiger partial charge in [0.15, 0.2) is 0 Å². The van der Waals surface area contributed by atoms with Gasteiger partial charge in [0.25, 0.3) is 5.91 Å². The van der Waals surface area contributed by atoms with Crippen molar-refractivity contribution in [3.8, 4) is 0 Å². The molecule has 9 nitrogen and oxygen atoms in total. The van der Waals surface area contributed by atoms with Crippen molar-refractivity contribution in [2.45, 2.75) is 51.7 Å². The molecule has 0 aliphatic carbocycles. The topological polar surface area (TPSA) is 116 Å². The molecule has 1 saturated heterocycles. The molecule has 2 aromatic rings. The fraction of sp³-hybridized carbons (Fsp3) is 0.524. The minimum Gasteiger partial charge on any atom is -0.444 e. The van der Waals surface area contributed by atoms with Gasteiger partial charge in [0.05, 0.1) is 17.4 Å². The second-order valence-electron chi connectivity index (χ2n) is 8.44. The number of fused-ring (bicyclic) bond motifs is 1. The van der Waals surface area contributed by atoms with E-state index < -0.39 is 11.7 Å².